The van der Waals surface area contributed by atoms with E-state index in [-0.39, 0.29) is 12.0 Å². The van der Waals surface area contributed by atoms with E-state index in [4.69, 9.17) is 15.0 Å². The Bertz CT molecular complexity index is 561. The van der Waals surface area contributed by atoms with Gasteiger partial charge >= 0.3 is 11.8 Å². The van der Waals surface area contributed by atoms with Crippen LogP contribution in [0.3, 0.4) is 0 Å². The van der Waals surface area contributed by atoms with Gasteiger partial charge in [0.2, 0.25) is 0 Å². The van der Waals surface area contributed by atoms with Crippen molar-refractivity contribution in [2.45, 2.75) is 26.4 Å². The number of ether oxygens (including phenoxy) is 1. The molecule has 100 valence electrons. The van der Waals surface area contributed by atoms with E-state index in [2.05, 4.69) is 10.1 Å². The van der Waals surface area contributed by atoms with Crippen molar-refractivity contribution in [2.24, 2.45) is 5.73 Å². The predicted octanol–water partition coefficient (Wildman–Crippen LogP) is 1.55. The molecule has 0 unspecified atom stereocenters. The van der Waals surface area contributed by atoms with Crippen LogP contribution in [0.4, 0.5) is 0 Å². The molecule has 0 aliphatic heterocycles. The van der Waals surface area contributed by atoms with E-state index >= 15 is 0 Å². The molecule has 1 aromatic heterocycles. The quantitative estimate of drug-likeness (QED) is 0.881. The van der Waals surface area contributed by atoms with Gasteiger partial charge in [0.15, 0.2) is 5.82 Å². The molecule has 1 aromatic carbocycles. The Morgan fingerprint density at radius 2 is 2.05 bits per heavy atom. The zero-order valence-electron chi connectivity index (χ0n) is 10.8. The fraction of sp³-hybridized carbons (Fsp3) is 0.308. The summed E-state index contributed by atoms with van der Waals surface area (Å²) in [5.41, 5.74) is 6.03. The van der Waals surface area contributed by atoms with E-state index in [9.17, 15) is 4.79 Å². The molecule has 1 amide bonds. The van der Waals surface area contributed by atoms with Crippen LogP contribution in [0.1, 0.15) is 35.9 Å². The number of nitrogens with zero attached hydrogens (tertiary/aromatic N) is 2. The summed E-state index contributed by atoms with van der Waals surface area (Å²) in [6, 6.07) is 7.59. The van der Waals surface area contributed by atoms with Crippen LogP contribution < -0.4 is 10.5 Å². The maximum atomic E-state index is 10.8. The van der Waals surface area contributed by atoms with Crippen LogP contribution in [0.2, 0.25) is 0 Å². The van der Waals surface area contributed by atoms with Crippen LogP contribution in [-0.2, 0) is 6.42 Å². The SMILES string of the molecule is CC(C)Oc1ccc(Cc2noc(C(N)=O)n2)cc1. The number of aromatic nitrogens is 2. The van der Waals surface area contributed by atoms with Gasteiger partial charge in [-0.05, 0) is 31.5 Å². The van der Waals surface area contributed by atoms with Gasteiger partial charge in [-0.1, -0.05) is 17.3 Å². The monoisotopic (exact) mass is 261 g/mol. The van der Waals surface area contributed by atoms with E-state index in [0.29, 0.717) is 12.2 Å². The van der Waals surface area contributed by atoms with Crippen molar-refractivity contribution >= 4 is 5.91 Å². The third kappa shape index (κ3) is 3.54. The molecular weight excluding hydrogens is 246 g/mol. The minimum absolute atomic E-state index is 0.140. The lowest BCUT2D eigenvalue weighted by Crippen LogP contribution is -2.11. The zero-order chi connectivity index (χ0) is 13.8. The fourth-order valence-electron chi connectivity index (χ4n) is 1.57. The van der Waals surface area contributed by atoms with Gasteiger partial charge in [-0.15, -0.1) is 0 Å². The summed E-state index contributed by atoms with van der Waals surface area (Å²) in [4.78, 5) is 14.7. The summed E-state index contributed by atoms with van der Waals surface area (Å²) >= 11 is 0. The van der Waals surface area contributed by atoms with Gasteiger partial charge in [0, 0.05) is 6.42 Å². The van der Waals surface area contributed by atoms with Crippen LogP contribution >= 0.6 is 0 Å². The molecule has 2 aromatic rings. The van der Waals surface area contributed by atoms with Crippen LogP contribution in [0.5, 0.6) is 5.75 Å². The molecule has 0 aliphatic rings. The van der Waals surface area contributed by atoms with Crippen LogP contribution in [-0.4, -0.2) is 22.2 Å². The number of hydrogen-bond acceptors (Lipinski definition) is 5. The Kier molecular flexibility index (Phi) is 3.79. The second-order valence-electron chi connectivity index (χ2n) is 4.37. The van der Waals surface area contributed by atoms with Crippen LogP contribution in [0.25, 0.3) is 0 Å². The minimum atomic E-state index is -0.723. The largest absolute Gasteiger partial charge is 0.491 e. The summed E-state index contributed by atoms with van der Waals surface area (Å²) in [5.74, 6) is 0.338. The van der Waals surface area contributed by atoms with Crippen molar-refractivity contribution < 1.29 is 14.1 Å². The van der Waals surface area contributed by atoms with E-state index in [1.807, 2.05) is 38.1 Å². The standard InChI is InChI=1S/C13H15N3O3/c1-8(2)18-10-5-3-9(4-6-10)7-11-15-13(12(14)17)19-16-11/h3-6,8H,7H2,1-2H3,(H2,14,17). The first-order valence-corrected chi connectivity index (χ1v) is 5.92. The van der Waals surface area contributed by atoms with Crippen molar-refractivity contribution in [1.29, 1.82) is 0 Å². The molecule has 0 fully saturated rings. The van der Waals surface area contributed by atoms with E-state index < -0.39 is 5.91 Å². The second kappa shape index (κ2) is 5.51. The first kappa shape index (κ1) is 13.1. The van der Waals surface area contributed by atoms with Gasteiger partial charge in [-0.25, -0.2) is 0 Å². The van der Waals surface area contributed by atoms with Crippen molar-refractivity contribution in [3.05, 3.63) is 41.5 Å². The van der Waals surface area contributed by atoms with Gasteiger partial charge in [0.1, 0.15) is 5.75 Å². The molecule has 0 radical (unpaired) electrons. The maximum absolute atomic E-state index is 10.8. The molecular formula is C13H15N3O3. The third-order valence-electron chi connectivity index (χ3n) is 2.34. The van der Waals surface area contributed by atoms with Gasteiger partial charge in [-0.3, -0.25) is 4.79 Å². The zero-order valence-corrected chi connectivity index (χ0v) is 10.8. The summed E-state index contributed by atoms with van der Waals surface area (Å²) in [6.07, 6.45) is 0.611. The van der Waals surface area contributed by atoms with Crippen molar-refractivity contribution in [3.8, 4) is 5.75 Å². The number of primary amides is 1. The van der Waals surface area contributed by atoms with Crippen molar-refractivity contribution in [3.63, 3.8) is 0 Å². The summed E-state index contributed by atoms with van der Waals surface area (Å²) in [5, 5.41) is 3.69. The smallest absolute Gasteiger partial charge is 0.315 e. The molecule has 0 atom stereocenters. The highest BCUT2D eigenvalue weighted by molar-refractivity contribution is 5.87. The Labute approximate surface area is 110 Å². The highest BCUT2D eigenvalue weighted by Crippen LogP contribution is 2.15. The normalized spacial score (nSPS) is 10.7. The Morgan fingerprint density at radius 1 is 1.37 bits per heavy atom. The third-order valence-corrected chi connectivity index (χ3v) is 2.34. The van der Waals surface area contributed by atoms with Gasteiger partial charge in [0.05, 0.1) is 6.10 Å². The lowest BCUT2D eigenvalue weighted by atomic mass is 10.1. The molecule has 1 heterocycles. The number of nitrogens with two attached hydrogens (primary N) is 1. The highest BCUT2D eigenvalue weighted by atomic mass is 16.5. The minimum Gasteiger partial charge on any atom is -0.491 e. The highest BCUT2D eigenvalue weighted by Gasteiger charge is 2.11. The summed E-state index contributed by atoms with van der Waals surface area (Å²) in [6.45, 7) is 3.94. The molecule has 2 N–H and O–H groups in total. The van der Waals surface area contributed by atoms with E-state index in [1.165, 1.54) is 0 Å². The van der Waals surface area contributed by atoms with E-state index in [0.717, 1.165) is 11.3 Å². The Hall–Kier alpha value is -2.37. The topological polar surface area (TPSA) is 91.2 Å². The molecule has 0 saturated heterocycles. The molecule has 0 aliphatic carbocycles. The van der Waals surface area contributed by atoms with Gasteiger partial charge in [0.25, 0.3) is 0 Å². The van der Waals surface area contributed by atoms with Gasteiger partial charge < -0.3 is 15.0 Å². The molecule has 6 heteroatoms. The molecule has 0 saturated carbocycles. The maximum Gasteiger partial charge on any atom is 0.315 e. The summed E-state index contributed by atoms with van der Waals surface area (Å²) < 4.78 is 10.3. The molecule has 0 spiro atoms. The number of carbonyl (C=O) groups excluding carboxylic acids is 1. The Balaban J connectivity index is 2.04. The molecule has 0 bridgehead atoms. The molecule has 19 heavy (non-hydrogen) atoms. The fourth-order valence-corrected chi connectivity index (χ4v) is 1.57. The lowest BCUT2D eigenvalue weighted by molar-refractivity contribution is 0.0958. The second-order valence-corrected chi connectivity index (χ2v) is 4.37. The summed E-state index contributed by atoms with van der Waals surface area (Å²) in [7, 11) is 0. The lowest BCUT2D eigenvalue weighted by Gasteiger charge is -2.09. The average Bonchev–Trinajstić information content (AvgIpc) is 2.80. The Morgan fingerprint density at radius 3 is 2.58 bits per heavy atom. The number of amides is 1. The van der Waals surface area contributed by atoms with Crippen molar-refractivity contribution in [1.82, 2.24) is 10.1 Å². The number of rotatable bonds is 5. The van der Waals surface area contributed by atoms with Gasteiger partial charge in [-0.2, -0.15) is 4.98 Å². The first-order chi connectivity index (χ1) is 9.04. The van der Waals surface area contributed by atoms with E-state index in [1.54, 1.807) is 0 Å². The molecule has 2 rings (SSSR count). The van der Waals surface area contributed by atoms with Crippen LogP contribution in [0.15, 0.2) is 28.8 Å². The number of benzene rings is 1. The molecule has 6 nitrogen and oxygen atoms in total. The number of hydrogen-bond donors (Lipinski definition) is 1. The average molecular weight is 261 g/mol. The first-order valence-electron chi connectivity index (χ1n) is 5.92. The van der Waals surface area contributed by atoms with Crippen molar-refractivity contribution in [2.75, 3.05) is 0 Å². The predicted molar refractivity (Wildman–Crippen MR) is 67.8 cm³/mol. The van der Waals surface area contributed by atoms with Crippen LogP contribution in [0, 0.1) is 0 Å². The number of carbonyl (C=O) groups is 1.